The van der Waals surface area contributed by atoms with E-state index >= 15 is 0 Å². The zero-order valence-corrected chi connectivity index (χ0v) is 12.7. The molecule has 2 aromatic heterocycles. The lowest BCUT2D eigenvalue weighted by molar-refractivity contribution is 0.0994. The molecule has 0 bridgehead atoms. The Morgan fingerprint density at radius 3 is 2.89 bits per heavy atom. The molecule has 0 N–H and O–H groups in total. The minimum absolute atomic E-state index is 0.106. The maximum atomic E-state index is 12.2. The van der Waals surface area contributed by atoms with Gasteiger partial charge in [0.2, 0.25) is 0 Å². The van der Waals surface area contributed by atoms with Crippen LogP contribution in [0.25, 0.3) is 11.0 Å². The summed E-state index contributed by atoms with van der Waals surface area (Å²) in [5.74, 6) is 0.907. The lowest BCUT2D eigenvalue weighted by Gasteiger charge is -2.00. The van der Waals surface area contributed by atoms with Crippen LogP contribution in [0.4, 0.5) is 0 Å². The molecule has 96 valence electrons. The number of thiophene rings is 1. The summed E-state index contributed by atoms with van der Waals surface area (Å²) in [5.41, 5.74) is 1.98. The van der Waals surface area contributed by atoms with Gasteiger partial charge >= 0.3 is 0 Å². The molecule has 0 atom stereocenters. The van der Waals surface area contributed by atoms with Crippen molar-refractivity contribution in [3.8, 4) is 0 Å². The fourth-order valence-corrected chi connectivity index (χ4v) is 3.41. The molecular weight excluding hydrogens is 324 g/mol. The predicted molar refractivity (Wildman–Crippen MR) is 80.8 cm³/mol. The SMILES string of the molecule is Cn1c(CC(=O)c2cc(Br)cs2)nc2ccccc21. The van der Waals surface area contributed by atoms with E-state index in [1.54, 1.807) is 0 Å². The zero-order chi connectivity index (χ0) is 13.4. The zero-order valence-electron chi connectivity index (χ0n) is 10.3. The third-order valence-corrected chi connectivity index (χ3v) is 4.77. The third kappa shape index (κ3) is 2.35. The second-order valence-corrected chi connectivity index (χ2v) is 6.13. The van der Waals surface area contributed by atoms with Crippen molar-refractivity contribution in [2.24, 2.45) is 7.05 Å². The maximum Gasteiger partial charge on any atom is 0.180 e. The Morgan fingerprint density at radius 1 is 1.42 bits per heavy atom. The van der Waals surface area contributed by atoms with Gasteiger partial charge in [-0.15, -0.1) is 11.3 Å². The van der Waals surface area contributed by atoms with Crippen LogP contribution in [0.1, 0.15) is 15.5 Å². The smallest absolute Gasteiger partial charge is 0.180 e. The van der Waals surface area contributed by atoms with Gasteiger partial charge in [0, 0.05) is 16.9 Å². The van der Waals surface area contributed by atoms with E-state index in [2.05, 4.69) is 20.9 Å². The number of hydrogen-bond acceptors (Lipinski definition) is 3. The van der Waals surface area contributed by atoms with Crippen LogP contribution in [-0.2, 0) is 13.5 Å². The van der Waals surface area contributed by atoms with Gasteiger partial charge in [0.15, 0.2) is 5.78 Å². The van der Waals surface area contributed by atoms with Gasteiger partial charge in [0.05, 0.1) is 22.3 Å². The van der Waals surface area contributed by atoms with E-state index in [9.17, 15) is 4.79 Å². The number of para-hydroxylation sites is 2. The van der Waals surface area contributed by atoms with Gasteiger partial charge in [0.1, 0.15) is 5.82 Å². The summed E-state index contributed by atoms with van der Waals surface area (Å²) in [4.78, 5) is 17.5. The number of carbonyl (C=O) groups is 1. The number of carbonyl (C=O) groups excluding carboxylic acids is 1. The maximum absolute atomic E-state index is 12.2. The van der Waals surface area contributed by atoms with E-state index in [0.717, 1.165) is 26.2 Å². The number of aryl methyl sites for hydroxylation is 1. The molecular formula is C14H11BrN2OS. The number of rotatable bonds is 3. The third-order valence-electron chi connectivity index (χ3n) is 3.04. The molecule has 0 aliphatic heterocycles. The number of aromatic nitrogens is 2. The van der Waals surface area contributed by atoms with E-state index in [0.29, 0.717) is 6.42 Å². The number of ketones is 1. The predicted octanol–water partition coefficient (Wildman–Crippen LogP) is 3.82. The highest BCUT2D eigenvalue weighted by Crippen LogP contribution is 2.22. The molecule has 1 aromatic carbocycles. The number of imidazole rings is 1. The molecule has 0 fully saturated rings. The van der Waals surface area contributed by atoms with Gasteiger partial charge in [-0.25, -0.2) is 4.98 Å². The monoisotopic (exact) mass is 334 g/mol. The Kier molecular flexibility index (Phi) is 3.24. The van der Waals surface area contributed by atoms with E-state index in [-0.39, 0.29) is 5.78 Å². The van der Waals surface area contributed by atoms with Gasteiger partial charge in [-0.3, -0.25) is 4.79 Å². The summed E-state index contributed by atoms with van der Waals surface area (Å²) >= 11 is 4.82. The molecule has 0 radical (unpaired) electrons. The lowest BCUT2D eigenvalue weighted by Crippen LogP contribution is -2.06. The summed E-state index contributed by atoms with van der Waals surface area (Å²) in [5, 5.41) is 1.92. The molecule has 0 spiro atoms. The van der Waals surface area contributed by atoms with Crippen molar-refractivity contribution in [2.75, 3.05) is 0 Å². The topological polar surface area (TPSA) is 34.9 Å². The van der Waals surface area contributed by atoms with Crippen molar-refractivity contribution < 1.29 is 4.79 Å². The molecule has 0 aliphatic rings. The summed E-state index contributed by atoms with van der Waals surface area (Å²) < 4.78 is 2.93. The second kappa shape index (κ2) is 4.90. The molecule has 0 unspecified atom stereocenters. The van der Waals surface area contributed by atoms with Gasteiger partial charge in [-0.1, -0.05) is 12.1 Å². The van der Waals surface area contributed by atoms with Crippen molar-refractivity contribution >= 4 is 44.1 Å². The molecule has 2 heterocycles. The molecule has 0 saturated carbocycles. The van der Waals surface area contributed by atoms with E-state index in [4.69, 9.17) is 0 Å². The first-order valence-corrected chi connectivity index (χ1v) is 7.50. The first-order valence-electron chi connectivity index (χ1n) is 5.83. The highest BCUT2D eigenvalue weighted by Gasteiger charge is 2.14. The first-order chi connectivity index (χ1) is 9.15. The molecule has 3 nitrogen and oxygen atoms in total. The van der Waals surface area contributed by atoms with E-state index in [1.165, 1.54) is 11.3 Å². The normalized spacial score (nSPS) is 11.1. The van der Waals surface area contributed by atoms with Crippen LogP contribution in [0.3, 0.4) is 0 Å². The minimum Gasteiger partial charge on any atom is -0.331 e. The van der Waals surface area contributed by atoms with Gasteiger partial charge in [-0.2, -0.15) is 0 Å². The van der Waals surface area contributed by atoms with Crippen LogP contribution in [-0.4, -0.2) is 15.3 Å². The van der Waals surface area contributed by atoms with Crippen molar-refractivity contribution in [3.63, 3.8) is 0 Å². The minimum atomic E-state index is 0.106. The van der Waals surface area contributed by atoms with Gasteiger partial charge in [0.25, 0.3) is 0 Å². The van der Waals surface area contributed by atoms with Crippen LogP contribution < -0.4 is 0 Å². The van der Waals surface area contributed by atoms with Crippen molar-refractivity contribution in [2.45, 2.75) is 6.42 Å². The molecule has 19 heavy (non-hydrogen) atoms. The summed E-state index contributed by atoms with van der Waals surface area (Å²) in [6.07, 6.45) is 0.331. The largest absolute Gasteiger partial charge is 0.331 e. The first kappa shape index (κ1) is 12.6. The standard InChI is InChI=1S/C14H11BrN2OS/c1-17-11-5-3-2-4-10(11)16-14(17)7-12(18)13-6-9(15)8-19-13/h2-6,8H,7H2,1H3. The quantitative estimate of drug-likeness (QED) is 0.682. The second-order valence-electron chi connectivity index (χ2n) is 4.30. The molecule has 3 aromatic rings. The van der Waals surface area contributed by atoms with Crippen molar-refractivity contribution in [3.05, 3.63) is 50.9 Å². The number of Topliss-reactive ketones (excluding diaryl/α,β-unsaturated/α-hetero) is 1. The van der Waals surface area contributed by atoms with Crippen LogP contribution >= 0.6 is 27.3 Å². The average molecular weight is 335 g/mol. The average Bonchev–Trinajstić information content (AvgIpc) is 2.96. The van der Waals surface area contributed by atoms with Gasteiger partial charge < -0.3 is 4.57 Å². The van der Waals surface area contributed by atoms with Crippen molar-refractivity contribution in [1.29, 1.82) is 0 Å². The molecule has 0 amide bonds. The van der Waals surface area contributed by atoms with Crippen LogP contribution in [0, 0.1) is 0 Å². The molecule has 5 heteroatoms. The number of nitrogens with zero attached hydrogens (tertiary/aromatic N) is 2. The number of benzene rings is 1. The number of halogens is 1. The summed E-state index contributed by atoms with van der Waals surface area (Å²) in [7, 11) is 1.95. The van der Waals surface area contributed by atoms with Gasteiger partial charge in [-0.05, 0) is 34.1 Å². The summed E-state index contributed by atoms with van der Waals surface area (Å²) in [6, 6.07) is 9.77. The number of fused-ring (bicyclic) bond motifs is 1. The van der Waals surface area contributed by atoms with Crippen LogP contribution in [0.15, 0.2) is 40.2 Å². The number of hydrogen-bond donors (Lipinski definition) is 0. The lowest BCUT2D eigenvalue weighted by atomic mass is 10.2. The fourth-order valence-electron chi connectivity index (χ4n) is 2.04. The highest BCUT2D eigenvalue weighted by molar-refractivity contribution is 9.10. The Morgan fingerprint density at radius 2 is 2.21 bits per heavy atom. The van der Waals surface area contributed by atoms with Crippen LogP contribution in [0.5, 0.6) is 0 Å². The molecule has 3 rings (SSSR count). The highest BCUT2D eigenvalue weighted by atomic mass is 79.9. The Hall–Kier alpha value is -1.46. The van der Waals surface area contributed by atoms with E-state index < -0.39 is 0 Å². The van der Waals surface area contributed by atoms with Crippen LogP contribution in [0.2, 0.25) is 0 Å². The Bertz CT molecular complexity index is 760. The molecule has 0 aliphatic carbocycles. The summed E-state index contributed by atoms with van der Waals surface area (Å²) in [6.45, 7) is 0. The molecule has 0 saturated heterocycles. The van der Waals surface area contributed by atoms with Crippen molar-refractivity contribution in [1.82, 2.24) is 9.55 Å². The fraction of sp³-hybridized carbons (Fsp3) is 0.143. The Labute approximate surface area is 123 Å². The Balaban J connectivity index is 1.93. The van der Waals surface area contributed by atoms with E-state index in [1.807, 2.05) is 47.3 Å².